The molecule has 33 heavy (non-hydrogen) atoms. The minimum absolute atomic E-state index is 0.00121. The number of H-pyrrole nitrogens is 1. The minimum Gasteiger partial charge on any atom is -0.378 e. The van der Waals surface area contributed by atoms with Crippen LogP contribution >= 0.6 is 11.3 Å². The lowest BCUT2D eigenvalue weighted by molar-refractivity contribution is 0.0303. The lowest BCUT2D eigenvalue weighted by atomic mass is 10.1. The monoisotopic (exact) mass is 466 g/mol. The van der Waals surface area contributed by atoms with E-state index in [1.54, 1.807) is 23.8 Å². The van der Waals surface area contributed by atoms with Crippen LogP contribution in [0.3, 0.4) is 0 Å². The SMILES string of the molecule is O=C(Nc1ccc(C(=O)N2CCOCC2)cc1N1CCCCC1)c1csc(-c2cn[nH]c2)n1. The molecule has 2 N–H and O–H groups in total. The van der Waals surface area contributed by atoms with Crippen molar-refractivity contribution in [3.05, 3.63) is 47.2 Å². The molecule has 0 radical (unpaired) electrons. The number of benzene rings is 1. The van der Waals surface area contributed by atoms with Crippen LogP contribution in [0.15, 0.2) is 36.0 Å². The number of piperidine rings is 1. The number of rotatable bonds is 5. The summed E-state index contributed by atoms with van der Waals surface area (Å²) in [7, 11) is 0. The first-order chi connectivity index (χ1) is 16.2. The topological polar surface area (TPSA) is 103 Å². The average molecular weight is 467 g/mol. The quantitative estimate of drug-likeness (QED) is 0.598. The summed E-state index contributed by atoms with van der Waals surface area (Å²) in [5, 5.41) is 12.2. The third-order valence-electron chi connectivity index (χ3n) is 5.97. The van der Waals surface area contributed by atoms with Gasteiger partial charge in [0, 0.05) is 48.9 Å². The minimum atomic E-state index is -0.272. The molecule has 0 aliphatic carbocycles. The van der Waals surface area contributed by atoms with E-state index in [1.165, 1.54) is 17.8 Å². The number of hydrogen-bond donors (Lipinski definition) is 2. The van der Waals surface area contributed by atoms with E-state index in [0.717, 1.165) is 42.2 Å². The number of anilines is 2. The summed E-state index contributed by atoms with van der Waals surface area (Å²) < 4.78 is 5.37. The zero-order valence-corrected chi connectivity index (χ0v) is 19.1. The molecule has 2 amide bonds. The van der Waals surface area contributed by atoms with E-state index in [9.17, 15) is 9.59 Å². The molecular weight excluding hydrogens is 440 g/mol. The van der Waals surface area contributed by atoms with Gasteiger partial charge in [0.2, 0.25) is 0 Å². The van der Waals surface area contributed by atoms with Crippen LogP contribution in [0.25, 0.3) is 10.6 Å². The molecule has 2 aliphatic heterocycles. The molecular formula is C23H26N6O3S. The first kappa shape index (κ1) is 21.6. The van der Waals surface area contributed by atoms with Crippen molar-refractivity contribution in [1.82, 2.24) is 20.1 Å². The smallest absolute Gasteiger partial charge is 0.275 e. The molecule has 0 saturated carbocycles. The molecule has 9 nitrogen and oxygen atoms in total. The van der Waals surface area contributed by atoms with Crippen molar-refractivity contribution in [2.24, 2.45) is 0 Å². The Kier molecular flexibility index (Phi) is 6.36. The number of hydrogen-bond acceptors (Lipinski definition) is 7. The number of nitrogens with zero attached hydrogens (tertiary/aromatic N) is 4. The second kappa shape index (κ2) is 9.72. The van der Waals surface area contributed by atoms with Gasteiger partial charge in [-0.05, 0) is 37.5 Å². The molecule has 3 aromatic rings. The van der Waals surface area contributed by atoms with Gasteiger partial charge in [0.15, 0.2) is 0 Å². The van der Waals surface area contributed by atoms with Crippen LogP contribution in [0.4, 0.5) is 11.4 Å². The number of aromatic amines is 1. The van der Waals surface area contributed by atoms with Crippen LogP contribution in [-0.2, 0) is 4.74 Å². The number of amides is 2. The molecule has 5 rings (SSSR count). The standard InChI is InChI=1S/C23H26N6O3S/c30-21(19-15-33-22(27-19)17-13-24-25-14-17)26-18-5-4-16(23(31)29-8-10-32-11-9-29)12-20(18)28-6-2-1-3-7-28/h4-5,12-15H,1-3,6-11H2,(H,24,25)(H,26,30). The van der Waals surface area contributed by atoms with Crippen molar-refractivity contribution >= 4 is 34.5 Å². The van der Waals surface area contributed by atoms with Crippen LogP contribution in [0.1, 0.15) is 40.1 Å². The van der Waals surface area contributed by atoms with Gasteiger partial charge in [-0.15, -0.1) is 11.3 Å². The first-order valence-electron chi connectivity index (χ1n) is 11.2. The van der Waals surface area contributed by atoms with E-state index in [0.29, 0.717) is 43.2 Å². The highest BCUT2D eigenvalue weighted by Crippen LogP contribution is 2.31. The number of thiazole rings is 1. The second-order valence-corrected chi connectivity index (χ2v) is 9.02. The molecule has 1 aromatic carbocycles. The highest BCUT2D eigenvalue weighted by atomic mass is 32.1. The number of nitrogens with one attached hydrogen (secondary N) is 2. The van der Waals surface area contributed by atoms with E-state index in [-0.39, 0.29) is 11.8 Å². The highest BCUT2D eigenvalue weighted by molar-refractivity contribution is 7.13. The van der Waals surface area contributed by atoms with Crippen LogP contribution in [0.2, 0.25) is 0 Å². The number of carbonyl (C=O) groups excluding carboxylic acids is 2. The largest absolute Gasteiger partial charge is 0.378 e. The van der Waals surface area contributed by atoms with Gasteiger partial charge in [-0.1, -0.05) is 0 Å². The second-order valence-electron chi connectivity index (χ2n) is 8.16. The van der Waals surface area contributed by atoms with E-state index in [4.69, 9.17) is 4.74 Å². The maximum Gasteiger partial charge on any atom is 0.275 e. The highest BCUT2D eigenvalue weighted by Gasteiger charge is 2.23. The Morgan fingerprint density at radius 1 is 1.09 bits per heavy atom. The van der Waals surface area contributed by atoms with Crippen molar-refractivity contribution in [2.75, 3.05) is 49.6 Å². The molecule has 2 saturated heterocycles. The maximum absolute atomic E-state index is 13.1. The van der Waals surface area contributed by atoms with Gasteiger partial charge in [0.25, 0.3) is 11.8 Å². The Morgan fingerprint density at radius 3 is 2.67 bits per heavy atom. The number of carbonyl (C=O) groups is 2. The van der Waals surface area contributed by atoms with Crippen LogP contribution in [-0.4, -0.2) is 71.3 Å². The summed E-state index contributed by atoms with van der Waals surface area (Å²) in [4.78, 5) is 34.6. The summed E-state index contributed by atoms with van der Waals surface area (Å²) in [6, 6.07) is 5.54. The third kappa shape index (κ3) is 4.76. The van der Waals surface area contributed by atoms with Crippen LogP contribution < -0.4 is 10.2 Å². The normalized spacial score (nSPS) is 16.6. The Labute approximate surface area is 195 Å². The third-order valence-corrected chi connectivity index (χ3v) is 6.86. The fourth-order valence-corrected chi connectivity index (χ4v) is 4.96. The Morgan fingerprint density at radius 2 is 1.91 bits per heavy atom. The summed E-state index contributed by atoms with van der Waals surface area (Å²) in [6.45, 7) is 4.12. The molecule has 10 heteroatoms. The van der Waals surface area contributed by atoms with E-state index in [2.05, 4.69) is 25.4 Å². The molecule has 0 spiro atoms. The van der Waals surface area contributed by atoms with Gasteiger partial charge in [0.05, 0.1) is 30.8 Å². The van der Waals surface area contributed by atoms with Gasteiger partial charge in [-0.3, -0.25) is 14.7 Å². The number of morpholine rings is 1. The number of aromatic nitrogens is 3. The molecule has 0 unspecified atom stereocenters. The molecule has 172 valence electrons. The predicted molar refractivity (Wildman–Crippen MR) is 127 cm³/mol. The van der Waals surface area contributed by atoms with Crippen molar-refractivity contribution in [2.45, 2.75) is 19.3 Å². The zero-order valence-electron chi connectivity index (χ0n) is 18.2. The summed E-state index contributed by atoms with van der Waals surface area (Å²) in [5.41, 5.74) is 3.41. The van der Waals surface area contributed by atoms with Gasteiger partial charge in [-0.2, -0.15) is 5.10 Å². The van der Waals surface area contributed by atoms with Gasteiger partial charge >= 0.3 is 0 Å². The van der Waals surface area contributed by atoms with E-state index >= 15 is 0 Å². The Bertz CT molecular complexity index is 1120. The molecule has 2 aliphatic rings. The molecule has 4 heterocycles. The lowest BCUT2D eigenvalue weighted by Crippen LogP contribution is -2.40. The van der Waals surface area contributed by atoms with Crippen LogP contribution in [0, 0.1) is 0 Å². The zero-order chi connectivity index (χ0) is 22.6. The van der Waals surface area contributed by atoms with Crippen LogP contribution in [0.5, 0.6) is 0 Å². The summed E-state index contributed by atoms with van der Waals surface area (Å²) >= 11 is 1.40. The summed E-state index contributed by atoms with van der Waals surface area (Å²) in [6.07, 6.45) is 6.81. The van der Waals surface area contributed by atoms with Crippen molar-refractivity contribution in [3.8, 4) is 10.6 Å². The van der Waals surface area contributed by atoms with Crippen molar-refractivity contribution in [3.63, 3.8) is 0 Å². The van der Waals surface area contributed by atoms with Gasteiger partial charge in [0.1, 0.15) is 10.7 Å². The predicted octanol–water partition coefficient (Wildman–Crippen LogP) is 3.25. The molecule has 2 fully saturated rings. The average Bonchev–Trinajstić information content (AvgIpc) is 3.57. The van der Waals surface area contributed by atoms with Gasteiger partial charge < -0.3 is 19.9 Å². The van der Waals surface area contributed by atoms with Gasteiger partial charge in [-0.25, -0.2) is 4.98 Å². The maximum atomic E-state index is 13.1. The number of ether oxygens (including phenoxy) is 1. The Hall–Kier alpha value is -3.24. The lowest BCUT2D eigenvalue weighted by Gasteiger charge is -2.32. The molecule has 0 atom stereocenters. The Balaban J connectivity index is 1.39. The first-order valence-corrected chi connectivity index (χ1v) is 12.1. The fourth-order valence-electron chi connectivity index (χ4n) is 4.18. The fraction of sp³-hybridized carbons (Fsp3) is 0.391. The molecule has 2 aromatic heterocycles. The van der Waals surface area contributed by atoms with E-state index in [1.807, 2.05) is 17.0 Å². The van der Waals surface area contributed by atoms with E-state index < -0.39 is 0 Å². The van der Waals surface area contributed by atoms with Crippen molar-refractivity contribution in [1.29, 1.82) is 0 Å². The molecule has 0 bridgehead atoms. The van der Waals surface area contributed by atoms with Crippen molar-refractivity contribution < 1.29 is 14.3 Å². The summed E-state index contributed by atoms with van der Waals surface area (Å²) in [5.74, 6) is -0.273.